The molecule has 0 radical (unpaired) electrons. The maximum Gasteiger partial charge on any atom is 0.341 e. The van der Waals surface area contributed by atoms with Crippen LogP contribution in [0.1, 0.15) is 38.7 Å². The van der Waals surface area contributed by atoms with Crippen molar-refractivity contribution in [1.82, 2.24) is 4.90 Å². The van der Waals surface area contributed by atoms with Crippen LogP contribution in [0.25, 0.3) is 6.08 Å². The van der Waals surface area contributed by atoms with Crippen LogP contribution in [0.2, 0.25) is 5.02 Å². The Morgan fingerprint density at radius 3 is 2.29 bits per heavy atom. The molecule has 2 aromatic rings. The summed E-state index contributed by atoms with van der Waals surface area (Å²) in [7, 11) is 0. The van der Waals surface area contributed by atoms with Gasteiger partial charge in [-0.15, -0.1) is 0 Å². The second kappa shape index (κ2) is 10.1. The molecule has 0 saturated heterocycles. The van der Waals surface area contributed by atoms with Crippen molar-refractivity contribution < 1.29 is 34.1 Å². The third-order valence-electron chi connectivity index (χ3n) is 4.23. The third kappa shape index (κ3) is 5.07. The highest BCUT2D eigenvalue weighted by Gasteiger charge is 2.34. The summed E-state index contributed by atoms with van der Waals surface area (Å²) in [5.41, 5.74) is -0.354. The Bertz CT molecular complexity index is 1190. The van der Waals surface area contributed by atoms with Crippen molar-refractivity contribution in [2.75, 3.05) is 26.3 Å². The number of Topliss-reactive ketones (excluding diaryl/α,β-unsaturated/α-hetero) is 1. The number of esters is 1. The van der Waals surface area contributed by atoms with Gasteiger partial charge in [-0.3, -0.25) is 19.3 Å². The summed E-state index contributed by atoms with van der Waals surface area (Å²) in [6, 6.07) is 11.9. The number of rotatable bonds is 9. The number of carbonyl (C=O) groups excluding carboxylic acids is 4. The number of hydrogen-bond donors (Lipinski definition) is 0. The average molecular weight is 446 g/mol. The molecule has 0 bridgehead atoms. The van der Waals surface area contributed by atoms with E-state index in [1.165, 1.54) is 43.3 Å². The van der Waals surface area contributed by atoms with E-state index < -0.39 is 48.8 Å². The van der Waals surface area contributed by atoms with Gasteiger partial charge in [0, 0.05) is 5.02 Å². The quantitative estimate of drug-likeness (QED) is 0.193. The van der Waals surface area contributed by atoms with Crippen molar-refractivity contribution in [3.8, 4) is 0 Å². The molecular weight excluding hydrogens is 422 g/mol. The van der Waals surface area contributed by atoms with Crippen LogP contribution in [0.4, 0.5) is 0 Å². The molecule has 31 heavy (non-hydrogen) atoms. The zero-order valence-electron chi connectivity index (χ0n) is 20.4. The number of ether oxygens (including phenoxy) is 2. The van der Waals surface area contributed by atoms with Crippen LogP contribution in [0, 0.1) is 0 Å². The van der Waals surface area contributed by atoms with E-state index in [9.17, 15) is 19.2 Å². The van der Waals surface area contributed by atoms with Gasteiger partial charge >= 0.3 is 5.97 Å². The lowest BCUT2D eigenvalue weighted by Gasteiger charge is -2.14. The summed E-state index contributed by atoms with van der Waals surface area (Å²) >= 11 is 6.08. The molecule has 7 nitrogen and oxygen atoms in total. The largest absolute Gasteiger partial charge is 0.462 e. The highest BCUT2D eigenvalue weighted by molar-refractivity contribution is 6.32. The molecule has 1 heterocycles. The van der Waals surface area contributed by atoms with E-state index in [1.807, 2.05) is 0 Å². The van der Waals surface area contributed by atoms with Crippen molar-refractivity contribution >= 4 is 41.2 Å². The van der Waals surface area contributed by atoms with Gasteiger partial charge in [0.2, 0.25) is 0 Å². The first-order chi connectivity index (χ1) is 16.4. The average Bonchev–Trinajstić information content (AvgIpc) is 3.07. The molecule has 0 aromatic heterocycles. The number of nitrogens with zero attached hydrogens (tertiary/aromatic N) is 1. The minimum absolute atomic E-state index is 0.0457. The Balaban J connectivity index is 1.84. The van der Waals surface area contributed by atoms with E-state index >= 15 is 0 Å². The summed E-state index contributed by atoms with van der Waals surface area (Å²) in [6.45, 7) is -6.22. The second-order valence-corrected chi connectivity index (χ2v) is 6.62. The first-order valence-corrected chi connectivity index (χ1v) is 9.58. The zero-order chi connectivity index (χ0) is 26.0. The van der Waals surface area contributed by atoms with Gasteiger partial charge in [-0.05, 0) is 36.8 Å². The monoisotopic (exact) mass is 445 g/mol. The topological polar surface area (TPSA) is 90.0 Å². The number of amides is 2. The lowest BCUT2D eigenvalue weighted by molar-refractivity contribution is -0.140. The molecule has 0 saturated carbocycles. The molecule has 0 unspecified atom stereocenters. The maximum atomic E-state index is 12.8. The van der Waals surface area contributed by atoms with E-state index in [-0.39, 0.29) is 27.7 Å². The van der Waals surface area contributed by atoms with Gasteiger partial charge < -0.3 is 9.47 Å². The van der Waals surface area contributed by atoms with Gasteiger partial charge in [0.05, 0.1) is 36.3 Å². The van der Waals surface area contributed by atoms with Crippen LogP contribution >= 0.6 is 11.6 Å². The number of benzene rings is 2. The number of ketones is 1. The number of imide groups is 1. The van der Waals surface area contributed by atoms with E-state index in [2.05, 4.69) is 0 Å². The minimum Gasteiger partial charge on any atom is -0.462 e. The first-order valence-electron chi connectivity index (χ1n) is 11.2. The molecule has 0 N–H and O–H groups in total. The van der Waals surface area contributed by atoms with Crippen molar-refractivity contribution in [1.29, 1.82) is 0 Å². The van der Waals surface area contributed by atoms with Gasteiger partial charge in [-0.1, -0.05) is 41.9 Å². The fourth-order valence-corrected chi connectivity index (χ4v) is 2.95. The highest BCUT2D eigenvalue weighted by Crippen LogP contribution is 2.22. The predicted molar refractivity (Wildman–Crippen MR) is 114 cm³/mol. The molecule has 1 aliphatic heterocycles. The molecule has 2 amide bonds. The number of carbonyl (C=O) groups is 4. The Kier molecular flexibility index (Phi) is 5.70. The Labute approximate surface area is 189 Å². The molecular formula is C23H20ClNO6. The fraction of sp³-hybridized carbons (Fsp3) is 0.217. The van der Waals surface area contributed by atoms with Crippen molar-refractivity contribution in [3.63, 3.8) is 0 Å². The van der Waals surface area contributed by atoms with Crippen LogP contribution in [-0.4, -0.2) is 54.7 Å². The van der Waals surface area contributed by atoms with Gasteiger partial charge in [0.25, 0.3) is 11.8 Å². The molecule has 3 rings (SSSR count). The van der Waals surface area contributed by atoms with Gasteiger partial charge in [0.1, 0.15) is 12.2 Å². The van der Waals surface area contributed by atoms with E-state index in [0.29, 0.717) is 5.56 Å². The highest BCUT2D eigenvalue weighted by atomic mass is 35.5. The number of halogens is 1. The summed E-state index contributed by atoms with van der Waals surface area (Å²) in [6.07, 6.45) is 1.15. The summed E-state index contributed by atoms with van der Waals surface area (Å²) in [4.78, 5) is 50.6. The van der Waals surface area contributed by atoms with Crippen LogP contribution < -0.4 is 0 Å². The normalized spacial score (nSPS) is 16.2. The summed E-state index contributed by atoms with van der Waals surface area (Å²) in [5, 5.41) is 0.236. The van der Waals surface area contributed by atoms with Crippen molar-refractivity contribution in [2.24, 2.45) is 0 Å². The molecule has 160 valence electrons. The molecule has 8 heteroatoms. The van der Waals surface area contributed by atoms with E-state index in [1.54, 1.807) is 12.1 Å². The number of hydrogen-bond acceptors (Lipinski definition) is 6. The zero-order valence-corrected chi connectivity index (χ0v) is 17.1. The predicted octanol–water partition coefficient (Wildman–Crippen LogP) is 3.17. The molecule has 1 aliphatic rings. The van der Waals surface area contributed by atoms with Crippen LogP contribution in [0.15, 0.2) is 54.1 Å². The van der Waals surface area contributed by atoms with Gasteiger partial charge in [-0.2, -0.15) is 0 Å². The number of fused-ring (bicyclic) bond motifs is 1. The van der Waals surface area contributed by atoms with Gasteiger partial charge in [-0.25, -0.2) is 4.79 Å². The van der Waals surface area contributed by atoms with Crippen molar-refractivity contribution in [2.45, 2.75) is 6.92 Å². The molecule has 0 fully saturated rings. The fourth-order valence-electron chi connectivity index (χ4n) is 2.76. The molecule has 0 aliphatic carbocycles. The molecule has 0 spiro atoms. The SMILES string of the molecule is [2H]C([2H])(OCC(=O)/C(=C\c1ccccc1Cl)C(=O)OCC)C([2H])([2H])N1C(=O)c2ccccc2C1=O. The Morgan fingerprint density at radius 2 is 1.68 bits per heavy atom. The molecule has 2 aromatic carbocycles. The Hall–Kier alpha value is -3.29. The summed E-state index contributed by atoms with van der Waals surface area (Å²) < 4.78 is 42.3. The van der Waals surface area contributed by atoms with Crippen LogP contribution in [-0.2, 0) is 19.1 Å². The Morgan fingerprint density at radius 1 is 1.06 bits per heavy atom. The summed E-state index contributed by atoms with van der Waals surface area (Å²) in [5.74, 6) is -4.11. The standard InChI is InChI=1S/C23H20ClNO6/c1-2-31-23(29)18(13-15-7-3-6-10-19(15)24)20(26)14-30-12-11-25-21(27)16-8-4-5-9-17(16)22(25)28/h3-10,13H,2,11-12,14H2,1H3/b18-13+/i11D2,12D2. The third-order valence-corrected chi connectivity index (χ3v) is 4.57. The maximum absolute atomic E-state index is 12.8. The minimum atomic E-state index is -3.32. The van der Waals surface area contributed by atoms with E-state index in [4.69, 9.17) is 26.6 Å². The lowest BCUT2D eigenvalue weighted by Crippen LogP contribution is -2.33. The van der Waals surface area contributed by atoms with Crippen molar-refractivity contribution in [3.05, 3.63) is 75.8 Å². The lowest BCUT2D eigenvalue weighted by atomic mass is 10.1. The van der Waals surface area contributed by atoms with E-state index in [0.717, 1.165) is 6.08 Å². The first kappa shape index (κ1) is 17.4. The smallest absolute Gasteiger partial charge is 0.341 e. The molecule has 0 atom stereocenters. The second-order valence-electron chi connectivity index (χ2n) is 6.22. The van der Waals surface area contributed by atoms with Crippen LogP contribution in [0.5, 0.6) is 0 Å². The van der Waals surface area contributed by atoms with Crippen LogP contribution in [0.3, 0.4) is 0 Å². The van der Waals surface area contributed by atoms with Gasteiger partial charge in [0.15, 0.2) is 5.78 Å².